The first kappa shape index (κ1) is 17.9. The summed E-state index contributed by atoms with van der Waals surface area (Å²) in [4.78, 5) is 28.9. The van der Waals surface area contributed by atoms with Crippen molar-refractivity contribution in [3.8, 4) is 0 Å². The van der Waals surface area contributed by atoms with Crippen molar-refractivity contribution in [2.45, 2.75) is 32.6 Å². The van der Waals surface area contributed by atoms with Crippen LogP contribution >= 0.6 is 0 Å². The Labute approximate surface area is 127 Å². The molecule has 0 aromatic heterocycles. The van der Waals surface area contributed by atoms with Crippen molar-refractivity contribution in [1.29, 1.82) is 0 Å². The van der Waals surface area contributed by atoms with E-state index < -0.39 is 5.97 Å². The van der Waals surface area contributed by atoms with Crippen molar-refractivity contribution in [3.63, 3.8) is 0 Å². The SMILES string of the molecule is CCCCN(C)C(=O)CN1CCCN(CCC(=O)O)CC1. The quantitative estimate of drug-likeness (QED) is 0.716. The highest BCUT2D eigenvalue weighted by molar-refractivity contribution is 5.77. The number of carbonyl (C=O) groups excluding carboxylic acids is 1. The van der Waals surface area contributed by atoms with Crippen molar-refractivity contribution < 1.29 is 14.7 Å². The smallest absolute Gasteiger partial charge is 0.304 e. The molecule has 0 unspecified atom stereocenters. The van der Waals surface area contributed by atoms with Gasteiger partial charge in [-0.3, -0.25) is 14.5 Å². The Morgan fingerprint density at radius 2 is 1.81 bits per heavy atom. The van der Waals surface area contributed by atoms with Gasteiger partial charge in [0.25, 0.3) is 0 Å². The number of hydrogen-bond acceptors (Lipinski definition) is 4. The normalized spacial score (nSPS) is 17.4. The summed E-state index contributed by atoms with van der Waals surface area (Å²) >= 11 is 0. The molecule has 1 aliphatic heterocycles. The largest absolute Gasteiger partial charge is 0.481 e. The fraction of sp³-hybridized carbons (Fsp3) is 0.867. The molecule has 0 atom stereocenters. The van der Waals surface area contributed by atoms with Gasteiger partial charge < -0.3 is 14.9 Å². The van der Waals surface area contributed by atoms with Crippen LogP contribution in [0.15, 0.2) is 0 Å². The number of rotatable bonds is 8. The molecule has 1 saturated heterocycles. The number of carbonyl (C=O) groups is 2. The monoisotopic (exact) mass is 299 g/mol. The zero-order chi connectivity index (χ0) is 15.7. The molecule has 0 spiro atoms. The first-order valence-corrected chi connectivity index (χ1v) is 7.93. The van der Waals surface area contributed by atoms with Gasteiger partial charge in [-0.25, -0.2) is 0 Å². The summed E-state index contributed by atoms with van der Waals surface area (Å²) in [6, 6.07) is 0. The number of carboxylic acids is 1. The maximum absolute atomic E-state index is 12.1. The van der Waals surface area contributed by atoms with E-state index in [9.17, 15) is 9.59 Å². The van der Waals surface area contributed by atoms with Gasteiger partial charge in [0.05, 0.1) is 13.0 Å². The minimum Gasteiger partial charge on any atom is -0.481 e. The number of amides is 1. The highest BCUT2D eigenvalue weighted by Gasteiger charge is 2.18. The maximum Gasteiger partial charge on any atom is 0.304 e. The second-order valence-corrected chi connectivity index (χ2v) is 5.78. The van der Waals surface area contributed by atoms with Gasteiger partial charge in [0.15, 0.2) is 0 Å². The van der Waals surface area contributed by atoms with Crippen LogP contribution in [0.1, 0.15) is 32.6 Å². The lowest BCUT2D eigenvalue weighted by Gasteiger charge is -2.24. The van der Waals surface area contributed by atoms with Crippen molar-refractivity contribution in [2.75, 3.05) is 52.9 Å². The summed E-state index contributed by atoms with van der Waals surface area (Å²) < 4.78 is 0. The minimum atomic E-state index is -0.746. The van der Waals surface area contributed by atoms with Crippen LogP contribution in [0.2, 0.25) is 0 Å². The maximum atomic E-state index is 12.1. The third-order valence-electron chi connectivity index (χ3n) is 3.95. The first-order valence-electron chi connectivity index (χ1n) is 7.93. The van der Waals surface area contributed by atoms with Crippen LogP contribution in [0.25, 0.3) is 0 Å². The van der Waals surface area contributed by atoms with Crippen molar-refractivity contribution >= 4 is 11.9 Å². The molecule has 6 nitrogen and oxygen atoms in total. The van der Waals surface area contributed by atoms with E-state index in [2.05, 4.69) is 16.7 Å². The molecule has 122 valence electrons. The Balaban J connectivity index is 2.31. The molecule has 21 heavy (non-hydrogen) atoms. The molecule has 0 aliphatic carbocycles. The Morgan fingerprint density at radius 3 is 2.48 bits per heavy atom. The van der Waals surface area contributed by atoms with E-state index in [1.54, 1.807) is 0 Å². The molecular weight excluding hydrogens is 270 g/mol. The summed E-state index contributed by atoms with van der Waals surface area (Å²) in [6.45, 7) is 7.56. The first-order chi connectivity index (χ1) is 10.0. The number of nitrogens with zero attached hydrogens (tertiary/aromatic N) is 3. The molecule has 0 aromatic carbocycles. The lowest BCUT2D eigenvalue weighted by atomic mass is 10.3. The van der Waals surface area contributed by atoms with E-state index >= 15 is 0 Å². The highest BCUT2D eigenvalue weighted by atomic mass is 16.4. The molecule has 0 radical (unpaired) electrons. The Kier molecular flexibility index (Phi) is 8.30. The lowest BCUT2D eigenvalue weighted by Crippen LogP contribution is -2.40. The molecule has 6 heteroatoms. The second kappa shape index (κ2) is 9.73. The number of aliphatic carboxylic acids is 1. The van der Waals surface area contributed by atoms with Gasteiger partial charge in [-0.2, -0.15) is 0 Å². The van der Waals surface area contributed by atoms with Crippen molar-refractivity contribution in [1.82, 2.24) is 14.7 Å². The molecule has 0 saturated carbocycles. The van der Waals surface area contributed by atoms with Gasteiger partial charge >= 0.3 is 5.97 Å². The molecule has 1 fully saturated rings. The van der Waals surface area contributed by atoms with Crippen LogP contribution in [-0.2, 0) is 9.59 Å². The summed E-state index contributed by atoms with van der Waals surface area (Å²) in [5, 5.41) is 8.73. The van der Waals surface area contributed by atoms with Crippen LogP contribution in [-0.4, -0.2) is 84.5 Å². The van der Waals surface area contributed by atoms with Gasteiger partial charge in [-0.15, -0.1) is 0 Å². The average molecular weight is 299 g/mol. The summed E-state index contributed by atoms with van der Waals surface area (Å²) in [5.41, 5.74) is 0. The predicted octanol–water partition coefficient (Wildman–Crippen LogP) is 0.727. The molecule has 1 aliphatic rings. The van der Waals surface area contributed by atoms with Crippen LogP contribution in [0, 0.1) is 0 Å². The standard InChI is InChI=1S/C15H29N3O3/c1-3-4-7-16(2)14(19)13-18-9-5-8-17(11-12-18)10-6-15(20)21/h3-13H2,1-2H3,(H,20,21). The van der Waals surface area contributed by atoms with Crippen LogP contribution in [0.5, 0.6) is 0 Å². The van der Waals surface area contributed by atoms with Gasteiger partial charge in [0, 0.05) is 33.2 Å². The number of likely N-dealkylation sites (N-methyl/N-ethyl adjacent to an activating group) is 1. The highest BCUT2D eigenvalue weighted by Crippen LogP contribution is 2.05. The number of unbranched alkanes of at least 4 members (excludes halogenated alkanes) is 1. The zero-order valence-corrected chi connectivity index (χ0v) is 13.4. The molecule has 1 heterocycles. The fourth-order valence-corrected chi connectivity index (χ4v) is 2.49. The van der Waals surface area contributed by atoms with Crippen LogP contribution < -0.4 is 0 Å². The molecule has 1 amide bonds. The van der Waals surface area contributed by atoms with Gasteiger partial charge in [-0.05, 0) is 25.9 Å². The number of hydrogen-bond donors (Lipinski definition) is 1. The molecular formula is C15H29N3O3. The van der Waals surface area contributed by atoms with Crippen LogP contribution in [0.3, 0.4) is 0 Å². The van der Waals surface area contributed by atoms with E-state index in [1.807, 2.05) is 11.9 Å². The van der Waals surface area contributed by atoms with Gasteiger partial charge in [-0.1, -0.05) is 13.3 Å². The van der Waals surface area contributed by atoms with E-state index in [1.165, 1.54) is 0 Å². The molecule has 0 aromatic rings. The van der Waals surface area contributed by atoms with E-state index in [4.69, 9.17) is 5.11 Å². The Hall–Kier alpha value is -1.14. The van der Waals surface area contributed by atoms with Gasteiger partial charge in [0.1, 0.15) is 0 Å². The molecule has 0 bridgehead atoms. The molecule has 1 N–H and O–H groups in total. The van der Waals surface area contributed by atoms with Crippen LogP contribution in [0.4, 0.5) is 0 Å². The fourth-order valence-electron chi connectivity index (χ4n) is 2.49. The summed E-state index contributed by atoms with van der Waals surface area (Å²) in [5.74, 6) is -0.564. The average Bonchev–Trinajstić information content (AvgIpc) is 2.67. The number of carboxylic acid groups (broad SMARTS) is 1. The minimum absolute atomic E-state index is 0.183. The summed E-state index contributed by atoms with van der Waals surface area (Å²) in [6.07, 6.45) is 3.33. The van der Waals surface area contributed by atoms with E-state index in [-0.39, 0.29) is 12.3 Å². The lowest BCUT2D eigenvalue weighted by molar-refractivity contribution is -0.137. The topological polar surface area (TPSA) is 64.1 Å². The van der Waals surface area contributed by atoms with Crippen molar-refractivity contribution in [3.05, 3.63) is 0 Å². The summed E-state index contributed by atoms with van der Waals surface area (Å²) in [7, 11) is 1.87. The zero-order valence-electron chi connectivity index (χ0n) is 13.4. The van der Waals surface area contributed by atoms with E-state index in [0.29, 0.717) is 13.1 Å². The molecule has 1 rings (SSSR count). The predicted molar refractivity (Wildman–Crippen MR) is 82.3 cm³/mol. The third-order valence-corrected chi connectivity index (χ3v) is 3.95. The third kappa shape index (κ3) is 7.43. The van der Waals surface area contributed by atoms with Gasteiger partial charge in [0.2, 0.25) is 5.91 Å². The Bertz CT molecular complexity index is 336. The van der Waals surface area contributed by atoms with E-state index in [0.717, 1.165) is 52.0 Å². The Morgan fingerprint density at radius 1 is 1.14 bits per heavy atom. The second-order valence-electron chi connectivity index (χ2n) is 5.78. The van der Waals surface area contributed by atoms with Crippen molar-refractivity contribution in [2.24, 2.45) is 0 Å².